The molecule has 2 aromatic rings. The Bertz CT molecular complexity index is 645. The van der Waals surface area contributed by atoms with Crippen LogP contribution >= 0.6 is 11.8 Å². The molecule has 1 aromatic heterocycles. The van der Waals surface area contributed by atoms with Gasteiger partial charge in [-0.25, -0.2) is 4.39 Å². The van der Waals surface area contributed by atoms with Gasteiger partial charge in [0.2, 0.25) is 0 Å². The van der Waals surface area contributed by atoms with E-state index in [1.807, 2.05) is 4.57 Å². The van der Waals surface area contributed by atoms with E-state index in [0.29, 0.717) is 36.0 Å². The number of nitrogens with zero attached hydrogens (tertiary/aromatic N) is 4. The van der Waals surface area contributed by atoms with E-state index in [0.717, 1.165) is 5.16 Å². The molecule has 0 bridgehead atoms. The van der Waals surface area contributed by atoms with Gasteiger partial charge in [-0.15, -0.1) is 10.2 Å². The maximum atomic E-state index is 14.0. The minimum Gasteiger partial charge on any atom is -0.302 e. The largest absolute Gasteiger partial charge is 0.302 e. The van der Waals surface area contributed by atoms with Crippen molar-refractivity contribution in [2.75, 3.05) is 5.75 Å². The first-order valence-corrected chi connectivity index (χ1v) is 7.80. The predicted octanol–water partition coefficient (Wildman–Crippen LogP) is 3.75. The second-order valence-corrected chi connectivity index (χ2v) is 6.11. The van der Waals surface area contributed by atoms with E-state index < -0.39 is 0 Å². The molecule has 0 saturated heterocycles. The van der Waals surface area contributed by atoms with Gasteiger partial charge in [0.25, 0.3) is 0 Å². The summed E-state index contributed by atoms with van der Waals surface area (Å²) in [6.07, 6.45) is 0.453. The van der Waals surface area contributed by atoms with E-state index >= 15 is 0 Å². The SMILES string of the molecule is CC(C)Cn1c(SCCC#N)nnc1-c1ccccc1F. The highest BCUT2D eigenvalue weighted by Gasteiger charge is 2.17. The van der Waals surface area contributed by atoms with Crippen LogP contribution in [0.5, 0.6) is 0 Å². The lowest BCUT2D eigenvalue weighted by Gasteiger charge is -2.12. The molecule has 1 heterocycles. The van der Waals surface area contributed by atoms with Crippen LogP contribution in [-0.2, 0) is 6.54 Å². The van der Waals surface area contributed by atoms with E-state index in [-0.39, 0.29) is 5.82 Å². The zero-order valence-electron chi connectivity index (χ0n) is 12.1. The Morgan fingerprint density at radius 1 is 1.33 bits per heavy atom. The minimum absolute atomic E-state index is 0.302. The first-order chi connectivity index (χ1) is 10.1. The average molecular weight is 304 g/mol. The van der Waals surface area contributed by atoms with Gasteiger partial charge in [0.1, 0.15) is 5.82 Å². The van der Waals surface area contributed by atoms with Crippen LogP contribution in [0.2, 0.25) is 0 Å². The molecule has 21 heavy (non-hydrogen) atoms. The number of benzene rings is 1. The Labute approximate surface area is 128 Å². The number of aromatic nitrogens is 3. The highest BCUT2D eigenvalue weighted by Crippen LogP contribution is 2.27. The molecule has 0 amide bonds. The van der Waals surface area contributed by atoms with Crippen LogP contribution in [-0.4, -0.2) is 20.5 Å². The normalized spacial score (nSPS) is 10.8. The van der Waals surface area contributed by atoms with E-state index in [9.17, 15) is 4.39 Å². The molecule has 2 rings (SSSR count). The van der Waals surface area contributed by atoms with E-state index in [4.69, 9.17) is 5.26 Å². The van der Waals surface area contributed by atoms with Crippen LogP contribution in [0, 0.1) is 23.1 Å². The Morgan fingerprint density at radius 2 is 2.10 bits per heavy atom. The third kappa shape index (κ3) is 3.82. The van der Waals surface area contributed by atoms with Crippen molar-refractivity contribution in [2.24, 2.45) is 5.92 Å². The summed E-state index contributed by atoms with van der Waals surface area (Å²) in [4.78, 5) is 0. The van der Waals surface area contributed by atoms with Crippen LogP contribution < -0.4 is 0 Å². The second kappa shape index (κ2) is 7.23. The molecule has 0 radical (unpaired) electrons. The van der Waals surface area contributed by atoms with Gasteiger partial charge in [-0.2, -0.15) is 5.26 Å². The van der Waals surface area contributed by atoms with Gasteiger partial charge in [-0.1, -0.05) is 37.7 Å². The summed E-state index contributed by atoms with van der Waals surface area (Å²) < 4.78 is 15.9. The molecular formula is C15H17FN4S. The molecule has 0 fully saturated rings. The first kappa shape index (κ1) is 15.5. The first-order valence-electron chi connectivity index (χ1n) is 6.81. The molecule has 0 N–H and O–H groups in total. The Kier molecular flexibility index (Phi) is 5.34. The van der Waals surface area contributed by atoms with Gasteiger partial charge in [-0.3, -0.25) is 0 Å². The lowest BCUT2D eigenvalue weighted by molar-refractivity contribution is 0.496. The van der Waals surface area contributed by atoms with E-state index in [1.165, 1.54) is 17.8 Å². The highest BCUT2D eigenvalue weighted by molar-refractivity contribution is 7.99. The number of hydrogen-bond acceptors (Lipinski definition) is 4. The molecule has 4 nitrogen and oxygen atoms in total. The maximum Gasteiger partial charge on any atom is 0.191 e. The highest BCUT2D eigenvalue weighted by atomic mass is 32.2. The molecule has 1 aromatic carbocycles. The van der Waals surface area contributed by atoms with Gasteiger partial charge < -0.3 is 4.57 Å². The summed E-state index contributed by atoms with van der Waals surface area (Å²) in [6, 6.07) is 8.68. The number of nitriles is 1. The average Bonchev–Trinajstić information content (AvgIpc) is 2.82. The number of thioether (sulfide) groups is 1. The third-order valence-electron chi connectivity index (χ3n) is 2.82. The van der Waals surface area contributed by atoms with Crippen LogP contribution in [0.4, 0.5) is 4.39 Å². The molecule has 0 spiro atoms. The Balaban J connectivity index is 2.37. The molecule has 110 valence electrons. The Morgan fingerprint density at radius 3 is 2.76 bits per heavy atom. The van der Waals surface area contributed by atoms with E-state index in [1.54, 1.807) is 18.2 Å². The topological polar surface area (TPSA) is 54.5 Å². The fraction of sp³-hybridized carbons (Fsp3) is 0.400. The van der Waals surface area contributed by atoms with Crippen molar-refractivity contribution in [3.63, 3.8) is 0 Å². The second-order valence-electron chi connectivity index (χ2n) is 5.05. The van der Waals surface area contributed by atoms with Gasteiger partial charge >= 0.3 is 0 Å². The lowest BCUT2D eigenvalue weighted by atomic mass is 10.2. The summed E-state index contributed by atoms with van der Waals surface area (Å²) in [7, 11) is 0. The quantitative estimate of drug-likeness (QED) is 0.602. The smallest absolute Gasteiger partial charge is 0.191 e. The summed E-state index contributed by atoms with van der Waals surface area (Å²) in [5, 5.41) is 17.7. The standard InChI is InChI=1S/C15H17FN4S/c1-11(2)10-20-14(12-6-3-4-7-13(12)16)18-19-15(20)21-9-5-8-17/h3-4,6-7,11H,5,9-10H2,1-2H3. The number of halogens is 1. The van der Waals surface area contributed by atoms with Crippen LogP contribution in [0.1, 0.15) is 20.3 Å². The minimum atomic E-state index is -0.302. The van der Waals surface area contributed by atoms with Gasteiger partial charge in [0.15, 0.2) is 11.0 Å². The van der Waals surface area contributed by atoms with Gasteiger partial charge in [-0.05, 0) is 18.1 Å². The fourth-order valence-corrected chi connectivity index (χ4v) is 2.75. The van der Waals surface area contributed by atoms with Gasteiger partial charge in [0, 0.05) is 18.7 Å². The third-order valence-corrected chi connectivity index (χ3v) is 3.79. The van der Waals surface area contributed by atoms with Crippen LogP contribution in [0.15, 0.2) is 29.4 Å². The van der Waals surface area contributed by atoms with Crippen molar-refractivity contribution in [1.29, 1.82) is 5.26 Å². The molecule has 0 saturated carbocycles. The maximum absolute atomic E-state index is 14.0. The predicted molar refractivity (Wildman–Crippen MR) is 81.2 cm³/mol. The zero-order chi connectivity index (χ0) is 15.2. The molecular weight excluding hydrogens is 287 g/mol. The summed E-state index contributed by atoms with van der Waals surface area (Å²) in [6.45, 7) is 4.90. The lowest BCUT2D eigenvalue weighted by Crippen LogP contribution is -2.08. The molecule has 0 aliphatic rings. The van der Waals surface area contributed by atoms with E-state index in [2.05, 4.69) is 30.1 Å². The fourth-order valence-electron chi connectivity index (χ4n) is 1.95. The van der Waals surface area contributed by atoms with Crippen molar-refractivity contribution in [1.82, 2.24) is 14.8 Å². The number of rotatable bonds is 6. The zero-order valence-corrected chi connectivity index (χ0v) is 12.9. The molecule has 0 aliphatic carbocycles. The summed E-state index contributed by atoms with van der Waals surface area (Å²) in [5.41, 5.74) is 0.456. The molecule has 0 unspecified atom stereocenters. The summed E-state index contributed by atoms with van der Waals surface area (Å²) >= 11 is 1.48. The van der Waals surface area contributed by atoms with Gasteiger partial charge in [0.05, 0.1) is 11.6 Å². The number of hydrogen-bond donors (Lipinski definition) is 0. The molecule has 0 aliphatic heterocycles. The van der Waals surface area contributed by atoms with Crippen molar-refractivity contribution < 1.29 is 4.39 Å². The van der Waals surface area contributed by atoms with Crippen molar-refractivity contribution >= 4 is 11.8 Å². The van der Waals surface area contributed by atoms with Crippen molar-refractivity contribution in [3.8, 4) is 17.5 Å². The monoisotopic (exact) mass is 304 g/mol. The summed E-state index contributed by atoms with van der Waals surface area (Å²) in [5.74, 6) is 1.29. The van der Waals surface area contributed by atoms with Crippen molar-refractivity contribution in [2.45, 2.75) is 32.0 Å². The van der Waals surface area contributed by atoms with Crippen LogP contribution in [0.25, 0.3) is 11.4 Å². The molecule has 0 atom stereocenters. The van der Waals surface area contributed by atoms with Crippen molar-refractivity contribution in [3.05, 3.63) is 30.1 Å². The van der Waals surface area contributed by atoms with Crippen LogP contribution in [0.3, 0.4) is 0 Å². The Hall–Kier alpha value is -1.87. The molecule has 6 heteroatoms.